The summed E-state index contributed by atoms with van der Waals surface area (Å²) in [5.74, 6) is 0. The van der Waals surface area contributed by atoms with Crippen molar-refractivity contribution in [2.75, 3.05) is 13.2 Å². The van der Waals surface area contributed by atoms with Crippen LogP contribution in [0.2, 0.25) is 0 Å². The van der Waals surface area contributed by atoms with Crippen LogP contribution < -0.4 is 0 Å². The molecule has 3 heteroatoms. The van der Waals surface area contributed by atoms with Crippen LogP contribution in [0.5, 0.6) is 0 Å². The summed E-state index contributed by atoms with van der Waals surface area (Å²) in [6.07, 6.45) is 26.1. The molecule has 0 aromatic heterocycles. The maximum absolute atomic E-state index is 4.26. The molecule has 0 N–H and O–H groups in total. The van der Waals surface area contributed by atoms with Crippen LogP contribution in [-0.4, -0.2) is 24.3 Å². The van der Waals surface area contributed by atoms with Gasteiger partial charge in [-0.3, -0.25) is 4.99 Å². The summed E-state index contributed by atoms with van der Waals surface area (Å²) in [6, 6.07) is 0. The molecule has 136 valence electrons. The third kappa shape index (κ3) is 14.8. The van der Waals surface area contributed by atoms with E-state index >= 15 is 0 Å². The lowest BCUT2D eigenvalue weighted by molar-refractivity contribution is 0.370. The van der Waals surface area contributed by atoms with E-state index in [-0.39, 0.29) is 12.4 Å². The Kier molecular flexibility index (Phi) is 17.5. The van der Waals surface area contributed by atoms with Gasteiger partial charge in [0.1, 0.15) is 6.67 Å². The first-order chi connectivity index (χ1) is 10.9. The Morgan fingerprint density at radius 2 is 1.22 bits per heavy atom. The van der Waals surface area contributed by atoms with Gasteiger partial charge >= 0.3 is 0 Å². The Bertz CT molecular complexity index is 289. The first-order valence-electron chi connectivity index (χ1n) is 9.84. The molecular formula is C20H39ClN2. The van der Waals surface area contributed by atoms with Crippen molar-refractivity contribution < 1.29 is 0 Å². The Morgan fingerprint density at radius 3 is 1.65 bits per heavy atom. The predicted octanol–water partition coefficient (Wildman–Crippen LogP) is 6.75. The number of hydrogen-bond donors (Lipinski definition) is 0. The highest BCUT2D eigenvalue weighted by molar-refractivity contribution is 5.85. The lowest BCUT2D eigenvalue weighted by Crippen LogP contribution is -2.20. The van der Waals surface area contributed by atoms with Gasteiger partial charge in [-0.2, -0.15) is 0 Å². The summed E-state index contributed by atoms with van der Waals surface area (Å²) in [6.45, 7) is 4.32. The van der Waals surface area contributed by atoms with Gasteiger partial charge in [-0.25, -0.2) is 0 Å². The van der Waals surface area contributed by atoms with Gasteiger partial charge in [0.2, 0.25) is 0 Å². The summed E-state index contributed by atoms with van der Waals surface area (Å²) >= 11 is 0. The van der Waals surface area contributed by atoms with Gasteiger partial charge in [-0.15, -0.1) is 12.4 Å². The molecule has 0 aromatic rings. The van der Waals surface area contributed by atoms with Crippen LogP contribution in [0.4, 0.5) is 0 Å². The molecule has 23 heavy (non-hydrogen) atoms. The highest BCUT2D eigenvalue weighted by Crippen LogP contribution is 2.13. The average molecular weight is 343 g/mol. The van der Waals surface area contributed by atoms with Crippen LogP contribution in [-0.2, 0) is 0 Å². The second-order valence-corrected chi connectivity index (χ2v) is 6.72. The number of rotatable bonds is 15. The highest BCUT2D eigenvalue weighted by atomic mass is 35.5. The molecule has 0 saturated heterocycles. The maximum Gasteiger partial charge on any atom is 0.109 e. The van der Waals surface area contributed by atoms with Crippen molar-refractivity contribution in [3.8, 4) is 0 Å². The molecule has 1 heterocycles. The standard InChI is InChI=1S/C20H38N2.ClH/c1-2-3-4-5-6-7-8-9-10-11-12-13-14-15-18-22-19-16-17-21-20-22;/h16-17,19H,2-15,18,20H2,1H3;1H. The van der Waals surface area contributed by atoms with Gasteiger partial charge in [-0.05, 0) is 12.5 Å². The molecule has 0 bridgehead atoms. The topological polar surface area (TPSA) is 15.6 Å². The zero-order valence-corrected chi connectivity index (χ0v) is 16.2. The van der Waals surface area contributed by atoms with Gasteiger partial charge in [-0.1, -0.05) is 90.4 Å². The first kappa shape index (κ1) is 22.5. The SMILES string of the molecule is CCCCCCCCCCCCCCCCN1C=CC=NC1.Cl. The van der Waals surface area contributed by atoms with Crippen molar-refractivity contribution in [1.82, 2.24) is 4.90 Å². The van der Waals surface area contributed by atoms with Crippen molar-refractivity contribution in [2.45, 2.75) is 96.8 Å². The monoisotopic (exact) mass is 342 g/mol. The molecule has 0 radical (unpaired) electrons. The fraction of sp³-hybridized carbons (Fsp3) is 0.850. The van der Waals surface area contributed by atoms with Crippen molar-refractivity contribution in [3.05, 3.63) is 12.3 Å². The Morgan fingerprint density at radius 1 is 0.739 bits per heavy atom. The van der Waals surface area contributed by atoms with Gasteiger partial charge in [0.05, 0.1) is 0 Å². The molecule has 0 aromatic carbocycles. The second-order valence-electron chi connectivity index (χ2n) is 6.72. The van der Waals surface area contributed by atoms with Gasteiger partial charge in [0.15, 0.2) is 0 Å². The van der Waals surface area contributed by atoms with Crippen molar-refractivity contribution >= 4 is 18.6 Å². The summed E-state index contributed by atoms with van der Waals surface area (Å²) in [5.41, 5.74) is 0. The summed E-state index contributed by atoms with van der Waals surface area (Å²) < 4.78 is 0. The van der Waals surface area contributed by atoms with Gasteiger partial charge in [0, 0.05) is 19.0 Å². The average Bonchev–Trinajstić information content (AvgIpc) is 2.56. The largest absolute Gasteiger partial charge is 0.358 e. The molecule has 0 saturated carbocycles. The first-order valence-corrected chi connectivity index (χ1v) is 9.84. The minimum atomic E-state index is 0. The van der Waals surface area contributed by atoms with E-state index in [1.807, 2.05) is 12.3 Å². The molecule has 0 fully saturated rings. The van der Waals surface area contributed by atoms with Gasteiger partial charge < -0.3 is 4.90 Å². The molecule has 0 aliphatic carbocycles. The van der Waals surface area contributed by atoms with Crippen LogP contribution in [0.25, 0.3) is 0 Å². The predicted molar refractivity (Wildman–Crippen MR) is 107 cm³/mol. The minimum absolute atomic E-state index is 0. The fourth-order valence-corrected chi connectivity index (χ4v) is 3.07. The number of allylic oxidation sites excluding steroid dienone is 1. The van der Waals surface area contributed by atoms with E-state index in [2.05, 4.69) is 23.0 Å². The van der Waals surface area contributed by atoms with Crippen LogP contribution >= 0.6 is 12.4 Å². The highest BCUT2D eigenvalue weighted by Gasteiger charge is 1.99. The van der Waals surface area contributed by atoms with Crippen molar-refractivity contribution in [3.63, 3.8) is 0 Å². The molecule has 1 aliphatic heterocycles. The fourth-order valence-electron chi connectivity index (χ4n) is 3.07. The third-order valence-corrected chi connectivity index (χ3v) is 4.55. The minimum Gasteiger partial charge on any atom is -0.358 e. The zero-order chi connectivity index (χ0) is 15.7. The molecule has 0 atom stereocenters. The normalized spacial score (nSPS) is 13.3. The number of hydrogen-bond acceptors (Lipinski definition) is 2. The van der Waals surface area contributed by atoms with Crippen LogP contribution in [0.3, 0.4) is 0 Å². The smallest absolute Gasteiger partial charge is 0.109 e. The van der Waals surface area contributed by atoms with Crippen molar-refractivity contribution in [2.24, 2.45) is 4.99 Å². The summed E-state index contributed by atoms with van der Waals surface area (Å²) in [4.78, 5) is 6.56. The molecule has 0 spiro atoms. The lowest BCUT2D eigenvalue weighted by atomic mass is 10.0. The van der Waals surface area contributed by atoms with E-state index in [1.165, 1.54) is 96.4 Å². The Hall–Kier alpha value is -0.500. The van der Waals surface area contributed by atoms with E-state index in [4.69, 9.17) is 0 Å². The number of nitrogens with zero attached hydrogens (tertiary/aromatic N) is 2. The van der Waals surface area contributed by atoms with Crippen LogP contribution in [0.15, 0.2) is 17.3 Å². The molecule has 1 rings (SSSR count). The quantitative estimate of drug-likeness (QED) is 0.300. The summed E-state index contributed by atoms with van der Waals surface area (Å²) in [5, 5.41) is 0. The van der Waals surface area contributed by atoms with E-state index in [9.17, 15) is 0 Å². The molecule has 2 nitrogen and oxygen atoms in total. The number of aliphatic imine (C=N–C) groups is 1. The van der Waals surface area contributed by atoms with E-state index in [1.54, 1.807) is 0 Å². The van der Waals surface area contributed by atoms with Crippen LogP contribution in [0, 0.1) is 0 Å². The lowest BCUT2D eigenvalue weighted by Gasteiger charge is -2.19. The summed E-state index contributed by atoms with van der Waals surface area (Å²) in [7, 11) is 0. The van der Waals surface area contributed by atoms with E-state index in [0.717, 1.165) is 6.67 Å². The number of unbranched alkanes of at least 4 members (excludes halogenated alkanes) is 13. The second kappa shape index (κ2) is 17.8. The van der Waals surface area contributed by atoms with Crippen LogP contribution in [0.1, 0.15) is 96.8 Å². The van der Waals surface area contributed by atoms with E-state index in [0.29, 0.717) is 0 Å². The molecule has 0 unspecified atom stereocenters. The van der Waals surface area contributed by atoms with Crippen molar-refractivity contribution in [1.29, 1.82) is 0 Å². The Balaban J connectivity index is 0.00000484. The molecular weight excluding hydrogens is 304 g/mol. The molecule has 1 aliphatic rings. The van der Waals surface area contributed by atoms with Gasteiger partial charge in [0.25, 0.3) is 0 Å². The van der Waals surface area contributed by atoms with E-state index < -0.39 is 0 Å². The Labute approximate surface area is 151 Å². The maximum atomic E-state index is 4.26. The number of halogens is 1. The third-order valence-electron chi connectivity index (χ3n) is 4.55. The zero-order valence-electron chi connectivity index (χ0n) is 15.3. The molecule has 0 amide bonds.